The van der Waals surface area contributed by atoms with Crippen LogP contribution in [0.3, 0.4) is 0 Å². The monoisotopic (exact) mass is 389 g/mol. The predicted molar refractivity (Wildman–Crippen MR) is 105 cm³/mol. The highest BCUT2D eigenvalue weighted by molar-refractivity contribution is 6.30. The zero-order valence-corrected chi connectivity index (χ0v) is 16.0. The first-order valence-electron chi connectivity index (χ1n) is 9.00. The fraction of sp³-hybridized carbons (Fsp3) is 0.400. The molecule has 2 aromatic rings. The van der Waals surface area contributed by atoms with Crippen molar-refractivity contribution in [1.82, 2.24) is 9.88 Å². The number of pyridine rings is 1. The first kappa shape index (κ1) is 17.6. The SMILES string of the molecule is O=C(N1CCN(c2ccc(Cl)cn2)CC1)C1(c2cccc(Cl)c2)CCC1. The van der Waals surface area contributed by atoms with Gasteiger partial charge >= 0.3 is 0 Å². The summed E-state index contributed by atoms with van der Waals surface area (Å²) in [4.78, 5) is 21.9. The van der Waals surface area contributed by atoms with Crippen molar-refractivity contribution in [3.05, 3.63) is 58.2 Å². The molecule has 0 N–H and O–H groups in total. The lowest BCUT2D eigenvalue weighted by molar-refractivity contribution is -0.141. The second-order valence-corrected chi connectivity index (χ2v) is 7.93. The number of benzene rings is 1. The number of hydrogen-bond donors (Lipinski definition) is 0. The van der Waals surface area contributed by atoms with Gasteiger partial charge in [-0.2, -0.15) is 0 Å². The first-order valence-corrected chi connectivity index (χ1v) is 9.76. The van der Waals surface area contributed by atoms with Gasteiger partial charge in [0.05, 0.1) is 10.4 Å². The molecule has 2 heterocycles. The Kier molecular flexibility index (Phi) is 4.80. The number of piperazine rings is 1. The number of rotatable bonds is 3. The highest BCUT2D eigenvalue weighted by Gasteiger charge is 2.48. The fourth-order valence-electron chi connectivity index (χ4n) is 3.94. The Balaban J connectivity index is 1.47. The van der Waals surface area contributed by atoms with Gasteiger partial charge in [-0.3, -0.25) is 4.79 Å². The van der Waals surface area contributed by atoms with E-state index >= 15 is 0 Å². The Hall–Kier alpha value is -1.78. The molecule has 0 unspecified atom stereocenters. The molecule has 0 atom stereocenters. The Labute approximate surface area is 163 Å². The Morgan fingerprint density at radius 2 is 1.77 bits per heavy atom. The van der Waals surface area contributed by atoms with Crippen LogP contribution in [0, 0.1) is 0 Å². The number of aromatic nitrogens is 1. The summed E-state index contributed by atoms with van der Waals surface area (Å²) in [6.45, 7) is 2.99. The van der Waals surface area contributed by atoms with Crippen LogP contribution in [0.25, 0.3) is 0 Å². The van der Waals surface area contributed by atoms with Crippen molar-refractivity contribution in [2.75, 3.05) is 31.1 Å². The lowest BCUT2D eigenvalue weighted by atomic mass is 9.63. The fourth-order valence-corrected chi connectivity index (χ4v) is 4.24. The standard InChI is InChI=1S/C20H21Cl2N3O/c21-16-4-1-3-15(13-16)20(7-2-8-20)19(26)25-11-9-24(10-12-25)18-6-5-17(22)14-23-18/h1,3-6,13-14H,2,7-12H2. The van der Waals surface area contributed by atoms with E-state index in [4.69, 9.17) is 23.2 Å². The molecule has 2 aliphatic rings. The molecule has 136 valence electrons. The van der Waals surface area contributed by atoms with E-state index in [-0.39, 0.29) is 11.3 Å². The van der Waals surface area contributed by atoms with Crippen LogP contribution in [0.1, 0.15) is 24.8 Å². The summed E-state index contributed by atoms with van der Waals surface area (Å²) in [5.41, 5.74) is 0.675. The topological polar surface area (TPSA) is 36.4 Å². The van der Waals surface area contributed by atoms with Gasteiger partial charge in [0.2, 0.25) is 5.91 Å². The summed E-state index contributed by atoms with van der Waals surface area (Å²) in [6, 6.07) is 11.6. The molecule has 1 aliphatic heterocycles. The van der Waals surface area contributed by atoms with Crippen molar-refractivity contribution in [1.29, 1.82) is 0 Å². The second-order valence-electron chi connectivity index (χ2n) is 7.06. The summed E-state index contributed by atoms with van der Waals surface area (Å²) >= 11 is 12.1. The van der Waals surface area contributed by atoms with Gasteiger partial charge in [0, 0.05) is 37.4 Å². The molecule has 1 aromatic carbocycles. The number of halogens is 2. The van der Waals surface area contributed by atoms with Gasteiger partial charge in [0.1, 0.15) is 5.82 Å². The lowest BCUT2D eigenvalue weighted by Crippen LogP contribution is -2.56. The minimum absolute atomic E-state index is 0.245. The van der Waals surface area contributed by atoms with Gasteiger partial charge in [-0.15, -0.1) is 0 Å². The predicted octanol–water partition coefficient (Wildman–Crippen LogP) is 4.16. The van der Waals surface area contributed by atoms with Gasteiger partial charge in [-0.25, -0.2) is 4.98 Å². The number of hydrogen-bond acceptors (Lipinski definition) is 3. The van der Waals surface area contributed by atoms with Crippen LogP contribution >= 0.6 is 23.2 Å². The average molecular weight is 390 g/mol. The number of anilines is 1. The molecule has 1 aromatic heterocycles. The molecule has 2 fully saturated rings. The molecule has 6 heteroatoms. The van der Waals surface area contributed by atoms with Gasteiger partial charge < -0.3 is 9.80 Å². The summed E-state index contributed by atoms with van der Waals surface area (Å²) in [6.07, 6.45) is 4.57. The molecule has 0 radical (unpaired) electrons. The van der Waals surface area contributed by atoms with E-state index in [0.29, 0.717) is 23.1 Å². The zero-order chi connectivity index (χ0) is 18.1. The molecule has 1 saturated carbocycles. The third-order valence-electron chi connectivity index (χ3n) is 5.60. The molecule has 4 nitrogen and oxygen atoms in total. The maximum atomic E-state index is 13.3. The van der Waals surface area contributed by atoms with Crippen molar-refractivity contribution in [2.24, 2.45) is 0 Å². The number of carbonyl (C=O) groups is 1. The van der Waals surface area contributed by atoms with E-state index in [1.165, 1.54) is 0 Å². The highest BCUT2D eigenvalue weighted by Crippen LogP contribution is 2.45. The largest absolute Gasteiger partial charge is 0.353 e. The normalized spacial score (nSPS) is 19.2. The lowest BCUT2D eigenvalue weighted by Gasteiger charge is -2.46. The average Bonchev–Trinajstić information content (AvgIpc) is 2.62. The van der Waals surface area contributed by atoms with Crippen LogP contribution in [-0.4, -0.2) is 42.0 Å². The van der Waals surface area contributed by atoms with Gasteiger partial charge in [0.25, 0.3) is 0 Å². The minimum Gasteiger partial charge on any atom is -0.353 e. The Morgan fingerprint density at radius 3 is 2.35 bits per heavy atom. The maximum Gasteiger partial charge on any atom is 0.233 e. The molecular weight excluding hydrogens is 369 g/mol. The van der Waals surface area contributed by atoms with Crippen LogP contribution in [0.2, 0.25) is 10.0 Å². The second kappa shape index (κ2) is 7.09. The van der Waals surface area contributed by atoms with Gasteiger partial charge in [0.15, 0.2) is 0 Å². The minimum atomic E-state index is -0.383. The highest BCUT2D eigenvalue weighted by atomic mass is 35.5. The molecule has 0 spiro atoms. The third-order valence-corrected chi connectivity index (χ3v) is 6.06. The van der Waals surface area contributed by atoms with Crippen molar-refractivity contribution in [2.45, 2.75) is 24.7 Å². The van der Waals surface area contributed by atoms with Crippen LogP contribution in [-0.2, 0) is 10.2 Å². The van der Waals surface area contributed by atoms with Crippen LogP contribution in [0.15, 0.2) is 42.6 Å². The van der Waals surface area contributed by atoms with Gasteiger partial charge in [-0.05, 0) is 42.7 Å². The van der Waals surface area contributed by atoms with E-state index in [9.17, 15) is 4.79 Å². The van der Waals surface area contributed by atoms with Crippen molar-refractivity contribution in [3.8, 4) is 0 Å². The molecule has 4 rings (SSSR count). The molecule has 1 amide bonds. The van der Waals surface area contributed by atoms with E-state index in [2.05, 4.69) is 9.88 Å². The number of amides is 1. The first-order chi connectivity index (χ1) is 12.6. The number of nitrogens with zero attached hydrogens (tertiary/aromatic N) is 3. The smallest absolute Gasteiger partial charge is 0.233 e. The quantitative estimate of drug-likeness (QED) is 0.790. The Morgan fingerprint density at radius 1 is 1.00 bits per heavy atom. The number of carbonyl (C=O) groups excluding carboxylic acids is 1. The van der Waals surface area contributed by atoms with Crippen LogP contribution in [0.4, 0.5) is 5.82 Å². The summed E-state index contributed by atoms with van der Waals surface area (Å²) < 4.78 is 0. The third kappa shape index (κ3) is 3.17. The van der Waals surface area contributed by atoms with Crippen molar-refractivity contribution >= 4 is 34.9 Å². The van der Waals surface area contributed by atoms with E-state index in [1.807, 2.05) is 41.3 Å². The Bertz CT molecular complexity index is 797. The molecule has 0 bridgehead atoms. The van der Waals surface area contributed by atoms with Crippen molar-refractivity contribution < 1.29 is 4.79 Å². The van der Waals surface area contributed by atoms with E-state index in [0.717, 1.165) is 43.7 Å². The summed E-state index contributed by atoms with van der Waals surface area (Å²) in [5.74, 6) is 1.16. The molecule has 1 aliphatic carbocycles. The van der Waals surface area contributed by atoms with Crippen LogP contribution < -0.4 is 4.90 Å². The molecule has 1 saturated heterocycles. The summed E-state index contributed by atoms with van der Waals surface area (Å²) in [7, 11) is 0. The molecular formula is C20H21Cl2N3O. The van der Waals surface area contributed by atoms with Gasteiger partial charge in [-0.1, -0.05) is 41.8 Å². The van der Waals surface area contributed by atoms with Crippen LogP contribution in [0.5, 0.6) is 0 Å². The zero-order valence-electron chi connectivity index (χ0n) is 14.5. The van der Waals surface area contributed by atoms with E-state index < -0.39 is 0 Å². The maximum absolute atomic E-state index is 13.3. The summed E-state index contributed by atoms with van der Waals surface area (Å²) in [5, 5.41) is 1.33. The van der Waals surface area contributed by atoms with Crippen molar-refractivity contribution in [3.63, 3.8) is 0 Å². The van der Waals surface area contributed by atoms with E-state index in [1.54, 1.807) is 6.20 Å². The molecule has 26 heavy (non-hydrogen) atoms.